The Morgan fingerprint density at radius 1 is 1.35 bits per heavy atom. The van der Waals surface area contributed by atoms with Crippen molar-refractivity contribution in [3.05, 3.63) is 29.0 Å². The maximum Gasteiger partial charge on any atom is 0.256 e. The first-order valence-electron chi connectivity index (χ1n) is 5.53. The first kappa shape index (κ1) is 13.9. The number of hydrogen-bond acceptors (Lipinski definition) is 3. The van der Waals surface area contributed by atoms with Crippen LogP contribution in [0.1, 0.15) is 16.8 Å². The van der Waals surface area contributed by atoms with Crippen LogP contribution in [0.4, 0.5) is 0 Å². The van der Waals surface area contributed by atoms with Gasteiger partial charge in [-0.25, -0.2) is 4.98 Å². The summed E-state index contributed by atoms with van der Waals surface area (Å²) in [4.78, 5) is 19.7. The first-order chi connectivity index (χ1) is 8.02. The van der Waals surface area contributed by atoms with Gasteiger partial charge in [0.05, 0.1) is 5.56 Å². The van der Waals surface area contributed by atoms with E-state index >= 15 is 0 Å². The van der Waals surface area contributed by atoms with E-state index in [2.05, 4.69) is 9.88 Å². The van der Waals surface area contributed by atoms with E-state index in [1.54, 1.807) is 30.3 Å². The number of pyridine rings is 1. The van der Waals surface area contributed by atoms with Crippen LogP contribution in [0, 0.1) is 0 Å². The lowest BCUT2D eigenvalue weighted by Gasteiger charge is -2.18. The molecule has 0 aliphatic heterocycles. The fourth-order valence-electron chi connectivity index (χ4n) is 1.48. The van der Waals surface area contributed by atoms with Gasteiger partial charge in [-0.3, -0.25) is 4.79 Å². The Kier molecular flexibility index (Phi) is 5.38. The summed E-state index contributed by atoms with van der Waals surface area (Å²) >= 11 is 5.88. The van der Waals surface area contributed by atoms with E-state index in [0.717, 1.165) is 13.0 Å². The van der Waals surface area contributed by atoms with Crippen LogP contribution in [0.25, 0.3) is 0 Å². The maximum atomic E-state index is 12.0. The van der Waals surface area contributed by atoms with E-state index in [1.807, 2.05) is 14.1 Å². The highest BCUT2D eigenvalue weighted by atomic mass is 35.5. The number of nitrogens with zero attached hydrogens (tertiary/aromatic N) is 3. The summed E-state index contributed by atoms with van der Waals surface area (Å²) < 4.78 is 0. The third-order valence-electron chi connectivity index (χ3n) is 2.44. The second kappa shape index (κ2) is 6.57. The van der Waals surface area contributed by atoms with Gasteiger partial charge >= 0.3 is 0 Å². The predicted molar refractivity (Wildman–Crippen MR) is 69.4 cm³/mol. The normalized spacial score (nSPS) is 10.6. The molecule has 0 aliphatic carbocycles. The second-order valence-corrected chi connectivity index (χ2v) is 4.58. The number of rotatable bonds is 5. The molecule has 0 bridgehead atoms. The van der Waals surface area contributed by atoms with Gasteiger partial charge in [-0.2, -0.15) is 0 Å². The molecule has 1 heterocycles. The Bertz CT molecular complexity index is 382. The third-order valence-corrected chi connectivity index (χ3v) is 2.74. The van der Waals surface area contributed by atoms with Gasteiger partial charge in [0.1, 0.15) is 5.15 Å². The highest BCUT2D eigenvalue weighted by molar-refractivity contribution is 6.32. The number of hydrogen-bond donors (Lipinski definition) is 0. The minimum Gasteiger partial charge on any atom is -0.342 e. The SMILES string of the molecule is CN(C)CCCN(C)C(=O)c1cccnc1Cl. The molecule has 0 saturated heterocycles. The van der Waals surface area contributed by atoms with Crippen LogP contribution in [-0.4, -0.2) is 54.9 Å². The molecule has 0 radical (unpaired) electrons. The molecule has 0 fully saturated rings. The quantitative estimate of drug-likeness (QED) is 0.753. The summed E-state index contributed by atoms with van der Waals surface area (Å²) in [5.41, 5.74) is 0.460. The van der Waals surface area contributed by atoms with Crippen molar-refractivity contribution in [3.8, 4) is 0 Å². The van der Waals surface area contributed by atoms with Crippen LogP contribution in [0.5, 0.6) is 0 Å². The Hall–Kier alpha value is -1.13. The molecule has 17 heavy (non-hydrogen) atoms. The van der Waals surface area contributed by atoms with Crippen molar-refractivity contribution < 1.29 is 4.79 Å². The van der Waals surface area contributed by atoms with Crippen LogP contribution < -0.4 is 0 Å². The standard InChI is InChI=1S/C12H18ClN3O/c1-15(2)8-5-9-16(3)12(17)10-6-4-7-14-11(10)13/h4,6-7H,5,8-9H2,1-3H3. The van der Waals surface area contributed by atoms with E-state index in [-0.39, 0.29) is 11.1 Å². The van der Waals surface area contributed by atoms with Crippen LogP contribution in [0.2, 0.25) is 5.15 Å². The molecular weight excluding hydrogens is 238 g/mol. The molecule has 5 heteroatoms. The Morgan fingerprint density at radius 3 is 2.65 bits per heavy atom. The minimum atomic E-state index is -0.0816. The second-order valence-electron chi connectivity index (χ2n) is 4.23. The molecule has 0 aromatic carbocycles. The highest BCUT2D eigenvalue weighted by Crippen LogP contribution is 2.13. The molecular formula is C12H18ClN3O. The van der Waals surface area contributed by atoms with Crippen LogP contribution >= 0.6 is 11.6 Å². The molecule has 0 atom stereocenters. The lowest BCUT2D eigenvalue weighted by Crippen LogP contribution is -2.30. The molecule has 1 amide bonds. The number of halogens is 1. The maximum absolute atomic E-state index is 12.0. The van der Waals surface area contributed by atoms with Crippen molar-refractivity contribution in [2.45, 2.75) is 6.42 Å². The van der Waals surface area contributed by atoms with Crippen molar-refractivity contribution in [1.29, 1.82) is 0 Å². The predicted octanol–water partition coefficient (Wildman–Crippen LogP) is 1.76. The Labute approximate surface area is 107 Å². The topological polar surface area (TPSA) is 36.4 Å². The average molecular weight is 256 g/mol. The Balaban J connectivity index is 2.55. The zero-order valence-corrected chi connectivity index (χ0v) is 11.2. The van der Waals surface area contributed by atoms with Gasteiger partial charge in [0.2, 0.25) is 0 Å². The van der Waals surface area contributed by atoms with Crippen LogP contribution in [0.15, 0.2) is 18.3 Å². The lowest BCUT2D eigenvalue weighted by atomic mass is 10.2. The molecule has 0 aliphatic rings. The molecule has 1 aromatic heterocycles. The van der Waals surface area contributed by atoms with Crippen molar-refractivity contribution in [2.24, 2.45) is 0 Å². The summed E-state index contributed by atoms with van der Waals surface area (Å²) in [5, 5.41) is 0.261. The lowest BCUT2D eigenvalue weighted by molar-refractivity contribution is 0.0790. The number of amides is 1. The van der Waals surface area contributed by atoms with Gasteiger partial charge in [0, 0.05) is 19.8 Å². The fraction of sp³-hybridized carbons (Fsp3) is 0.500. The zero-order chi connectivity index (χ0) is 12.8. The van der Waals surface area contributed by atoms with Gasteiger partial charge in [0.25, 0.3) is 5.91 Å². The monoisotopic (exact) mass is 255 g/mol. The summed E-state index contributed by atoms with van der Waals surface area (Å²) in [6, 6.07) is 3.41. The van der Waals surface area contributed by atoms with Crippen molar-refractivity contribution >= 4 is 17.5 Å². The van der Waals surface area contributed by atoms with E-state index < -0.39 is 0 Å². The molecule has 0 saturated carbocycles. The number of carbonyl (C=O) groups is 1. The molecule has 0 unspecified atom stereocenters. The van der Waals surface area contributed by atoms with Crippen molar-refractivity contribution in [1.82, 2.24) is 14.8 Å². The third kappa shape index (κ3) is 4.32. The summed E-state index contributed by atoms with van der Waals surface area (Å²) in [5.74, 6) is -0.0816. The van der Waals surface area contributed by atoms with Gasteiger partial charge in [-0.15, -0.1) is 0 Å². The molecule has 94 valence electrons. The highest BCUT2D eigenvalue weighted by Gasteiger charge is 2.14. The largest absolute Gasteiger partial charge is 0.342 e. The van der Waals surface area contributed by atoms with Gasteiger partial charge < -0.3 is 9.80 Å². The van der Waals surface area contributed by atoms with Gasteiger partial charge in [0.15, 0.2) is 0 Å². The molecule has 1 rings (SSSR count). The Morgan fingerprint density at radius 2 is 2.06 bits per heavy atom. The van der Waals surface area contributed by atoms with E-state index in [1.165, 1.54) is 0 Å². The first-order valence-corrected chi connectivity index (χ1v) is 5.91. The average Bonchev–Trinajstić information content (AvgIpc) is 2.28. The van der Waals surface area contributed by atoms with Crippen LogP contribution in [-0.2, 0) is 0 Å². The molecule has 4 nitrogen and oxygen atoms in total. The van der Waals surface area contributed by atoms with Crippen molar-refractivity contribution in [2.75, 3.05) is 34.2 Å². The van der Waals surface area contributed by atoms with E-state index in [0.29, 0.717) is 12.1 Å². The van der Waals surface area contributed by atoms with Crippen LogP contribution in [0.3, 0.4) is 0 Å². The van der Waals surface area contributed by atoms with E-state index in [4.69, 9.17) is 11.6 Å². The summed E-state index contributed by atoms with van der Waals surface area (Å²) in [6.07, 6.45) is 2.51. The van der Waals surface area contributed by atoms with E-state index in [9.17, 15) is 4.79 Å². The number of aromatic nitrogens is 1. The smallest absolute Gasteiger partial charge is 0.256 e. The molecule has 0 N–H and O–H groups in total. The van der Waals surface area contributed by atoms with Crippen molar-refractivity contribution in [3.63, 3.8) is 0 Å². The fourth-order valence-corrected chi connectivity index (χ4v) is 1.68. The summed E-state index contributed by atoms with van der Waals surface area (Å²) in [7, 11) is 5.81. The van der Waals surface area contributed by atoms with Gasteiger partial charge in [-0.05, 0) is 39.2 Å². The molecule has 0 spiro atoms. The summed E-state index contributed by atoms with van der Waals surface area (Å²) in [6.45, 7) is 1.67. The number of carbonyl (C=O) groups excluding carboxylic acids is 1. The molecule has 1 aromatic rings. The minimum absolute atomic E-state index is 0.0816. The zero-order valence-electron chi connectivity index (χ0n) is 10.5. The van der Waals surface area contributed by atoms with Gasteiger partial charge in [-0.1, -0.05) is 11.6 Å².